The molecule has 3 nitrogen and oxygen atoms in total. The van der Waals surface area contributed by atoms with Gasteiger partial charge in [-0.05, 0) is 38.6 Å². The van der Waals surface area contributed by atoms with Gasteiger partial charge in [-0.25, -0.2) is 4.98 Å². The number of rotatable bonds is 3. The number of aromatic nitrogens is 1. The highest BCUT2D eigenvalue weighted by Crippen LogP contribution is 2.28. The second-order valence-electron chi connectivity index (χ2n) is 4.59. The van der Waals surface area contributed by atoms with Gasteiger partial charge in [0.25, 0.3) is 0 Å². The van der Waals surface area contributed by atoms with Crippen molar-refractivity contribution in [2.75, 3.05) is 25.5 Å². The molecule has 2 rings (SSSR count). The molecule has 0 spiro atoms. The van der Waals surface area contributed by atoms with E-state index in [2.05, 4.69) is 22.2 Å². The van der Waals surface area contributed by atoms with E-state index in [0.717, 1.165) is 31.8 Å². The summed E-state index contributed by atoms with van der Waals surface area (Å²) in [5, 5.41) is 3.08. The summed E-state index contributed by atoms with van der Waals surface area (Å²) >= 11 is 0. The monoisotopic (exact) mass is 259 g/mol. The second kappa shape index (κ2) is 5.14. The fourth-order valence-electron chi connectivity index (χ4n) is 2.13. The first-order valence-electron chi connectivity index (χ1n) is 5.94. The van der Waals surface area contributed by atoms with Gasteiger partial charge in [0.2, 0.25) is 0 Å². The lowest BCUT2D eigenvalue weighted by Gasteiger charge is -2.20. The van der Waals surface area contributed by atoms with Gasteiger partial charge in [-0.1, -0.05) is 0 Å². The van der Waals surface area contributed by atoms with Crippen molar-refractivity contribution in [3.8, 4) is 0 Å². The van der Waals surface area contributed by atoms with Crippen LogP contribution in [0.3, 0.4) is 0 Å². The van der Waals surface area contributed by atoms with Crippen molar-refractivity contribution in [3.63, 3.8) is 0 Å². The maximum absolute atomic E-state index is 12.3. The summed E-state index contributed by atoms with van der Waals surface area (Å²) in [6, 6.07) is 2.86. The molecule has 100 valence electrons. The van der Waals surface area contributed by atoms with Crippen molar-refractivity contribution in [2.24, 2.45) is 0 Å². The lowest BCUT2D eigenvalue weighted by atomic mass is 10.2. The van der Waals surface area contributed by atoms with Gasteiger partial charge in [-0.3, -0.25) is 0 Å². The first-order valence-corrected chi connectivity index (χ1v) is 5.94. The molecule has 1 aromatic rings. The third-order valence-electron chi connectivity index (χ3n) is 3.28. The van der Waals surface area contributed by atoms with Crippen LogP contribution in [-0.2, 0) is 6.18 Å². The fourth-order valence-corrected chi connectivity index (χ4v) is 2.13. The Bertz CT molecular complexity index is 389. The van der Waals surface area contributed by atoms with Crippen LogP contribution in [0.2, 0.25) is 0 Å². The molecule has 0 bridgehead atoms. The Morgan fingerprint density at radius 1 is 1.44 bits per heavy atom. The van der Waals surface area contributed by atoms with Crippen LogP contribution in [-0.4, -0.2) is 36.1 Å². The number of hydrogen-bond acceptors (Lipinski definition) is 3. The van der Waals surface area contributed by atoms with E-state index in [0.29, 0.717) is 11.9 Å². The molecule has 0 aliphatic carbocycles. The third kappa shape index (κ3) is 3.13. The molecule has 1 fully saturated rings. The van der Waals surface area contributed by atoms with Crippen LogP contribution >= 0.6 is 0 Å². The summed E-state index contributed by atoms with van der Waals surface area (Å²) in [5.74, 6) is 0.489. The molecule has 1 aliphatic rings. The van der Waals surface area contributed by atoms with E-state index >= 15 is 0 Å². The van der Waals surface area contributed by atoms with Gasteiger partial charge in [0.1, 0.15) is 5.82 Å². The molecule has 0 saturated carbocycles. The Balaban J connectivity index is 1.90. The molecule has 1 N–H and O–H groups in total. The Hall–Kier alpha value is -1.30. The average Bonchev–Trinajstić information content (AvgIpc) is 2.72. The molecule has 0 amide bonds. The molecule has 1 aromatic heterocycles. The van der Waals surface area contributed by atoms with Crippen molar-refractivity contribution in [1.82, 2.24) is 9.88 Å². The minimum Gasteiger partial charge on any atom is -0.369 e. The summed E-state index contributed by atoms with van der Waals surface area (Å²) in [6.07, 6.45) is -1.18. The van der Waals surface area contributed by atoms with Crippen molar-refractivity contribution in [2.45, 2.75) is 25.1 Å². The maximum atomic E-state index is 12.3. The van der Waals surface area contributed by atoms with Crippen LogP contribution < -0.4 is 5.32 Å². The van der Waals surface area contributed by atoms with Gasteiger partial charge >= 0.3 is 6.18 Å². The number of likely N-dealkylation sites (tertiary alicyclic amines) is 1. The van der Waals surface area contributed by atoms with Crippen LogP contribution in [0.15, 0.2) is 18.3 Å². The van der Waals surface area contributed by atoms with Gasteiger partial charge in [-0.2, -0.15) is 13.2 Å². The summed E-state index contributed by atoms with van der Waals surface area (Å²) in [4.78, 5) is 6.03. The number of likely N-dealkylation sites (N-methyl/N-ethyl adjacent to an activating group) is 1. The summed E-state index contributed by atoms with van der Waals surface area (Å²) in [7, 11) is 2.06. The van der Waals surface area contributed by atoms with E-state index in [1.54, 1.807) is 0 Å². The molecule has 2 heterocycles. The Morgan fingerprint density at radius 3 is 2.72 bits per heavy atom. The molecular formula is C12H16F3N3. The van der Waals surface area contributed by atoms with Crippen molar-refractivity contribution >= 4 is 5.82 Å². The molecule has 0 aromatic carbocycles. The highest BCUT2D eigenvalue weighted by Gasteiger charge is 2.30. The van der Waals surface area contributed by atoms with E-state index in [-0.39, 0.29) is 0 Å². The normalized spacial score (nSPS) is 21.2. The van der Waals surface area contributed by atoms with Crippen LogP contribution in [0.5, 0.6) is 0 Å². The van der Waals surface area contributed by atoms with Crippen LogP contribution in [0.25, 0.3) is 0 Å². The maximum Gasteiger partial charge on any atom is 0.417 e. The minimum absolute atomic E-state index is 0.439. The Morgan fingerprint density at radius 2 is 2.22 bits per heavy atom. The number of anilines is 1. The molecule has 1 aliphatic heterocycles. The van der Waals surface area contributed by atoms with E-state index in [9.17, 15) is 13.2 Å². The van der Waals surface area contributed by atoms with Gasteiger partial charge in [0.05, 0.1) is 5.56 Å². The van der Waals surface area contributed by atoms with Crippen molar-refractivity contribution in [1.29, 1.82) is 0 Å². The second-order valence-corrected chi connectivity index (χ2v) is 4.59. The first-order chi connectivity index (χ1) is 8.47. The molecule has 1 unspecified atom stereocenters. The highest BCUT2D eigenvalue weighted by atomic mass is 19.4. The molecule has 1 saturated heterocycles. The average molecular weight is 259 g/mol. The summed E-state index contributed by atoms with van der Waals surface area (Å²) in [5.41, 5.74) is -0.717. The number of pyridine rings is 1. The Labute approximate surface area is 104 Å². The Kier molecular flexibility index (Phi) is 3.75. The van der Waals surface area contributed by atoms with Gasteiger partial charge in [0, 0.05) is 18.8 Å². The topological polar surface area (TPSA) is 28.2 Å². The zero-order chi connectivity index (χ0) is 13.2. The number of nitrogens with one attached hydrogen (secondary N) is 1. The van der Waals surface area contributed by atoms with Crippen LogP contribution in [0, 0.1) is 0 Å². The highest BCUT2D eigenvalue weighted by molar-refractivity contribution is 5.36. The predicted octanol–water partition coefficient (Wildman–Crippen LogP) is 2.61. The van der Waals surface area contributed by atoms with E-state index in [4.69, 9.17) is 0 Å². The SMILES string of the molecule is CN1CCCC1CNc1ccc(C(F)(F)F)cn1. The van der Waals surface area contributed by atoms with Crippen molar-refractivity contribution in [3.05, 3.63) is 23.9 Å². The lowest BCUT2D eigenvalue weighted by Crippen LogP contribution is -2.31. The zero-order valence-electron chi connectivity index (χ0n) is 10.2. The smallest absolute Gasteiger partial charge is 0.369 e. The number of hydrogen-bond donors (Lipinski definition) is 1. The first kappa shape index (κ1) is 13.1. The third-order valence-corrected chi connectivity index (χ3v) is 3.28. The van der Waals surface area contributed by atoms with E-state index in [1.807, 2.05) is 0 Å². The van der Waals surface area contributed by atoms with E-state index < -0.39 is 11.7 Å². The fraction of sp³-hybridized carbons (Fsp3) is 0.583. The molecular weight excluding hydrogens is 243 g/mol. The molecule has 1 atom stereocenters. The molecule has 6 heteroatoms. The summed E-state index contributed by atoms with van der Waals surface area (Å²) in [6.45, 7) is 1.79. The largest absolute Gasteiger partial charge is 0.417 e. The standard InChI is InChI=1S/C12H16F3N3/c1-18-6-2-3-10(18)8-17-11-5-4-9(7-16-11)12(13,14)15/h4-5,7,10H,2-3,6,8H2,1H3,(H,16,17). The number of alkyl halides is 3. The summed E-state index contributed by atoms with van der Waals surface area (Å²) < 4.78 is 37.0. The van der Waals surface area contributed by atoms with E-state index in [1.165, 1.54) is 12.5 Å². The predicted molar refractivity (Wildman–Crippen MR) is 63.4 cm³/mol. The number of halogens is 3. The van der Waals surface area contributed by atoms with Gasteiger partial charge in [0.15, 0.2) is 0 Å². The van der Waals surface area contributed by atoms with Gasteiger partial charge < -0.3 is 10.2 Å². The quantitative estimate of drug-likeness (QED) is 0.904. The van der Waals surface area contributed by atoms with Gasteiger partial charge in [-0.15, -0.1) is 0 Å². The zero-order valence-corrected chi connectivity index (χ0v) is 10.2. The minimum atomic E-state index is -4.32. The van der Waals surface area contributed by atoms with Crippen LogP contribution in [0.4, 0.5) is 19.0 Å². The van der Waals surface area contributed by atoms with Crippen molar-refractivity contribution < 1.29 is 13.2 Å². The molecule has 0 radical (unpaired) electrons. The lowest BCUT2D eigenvalue weighted by molar-refractivity contribution is -0.137. The molecule has 18 heavy (non-hydrogen) atoms. The number of nitrogens with zero attached hydrogens (tertiary/aromatic N) is 2. The van der Waals surface area contributed by atoms with Crippen LogP contribution in [0.1, 0.15) is 18.4 Å².